The Balaban J connectivity index is 1.59. The van der Waals surface area contributed by atoms with Crippen LogP contribution in [0.5, 0.6) is 0 Å². The maximum Gasteiger partial charge on any atom is 0.245 e. The third-order valence-corrected chi connectivity index (χ3v) is 4.90. The van der Waals surface area contributed by atoms with Crippen LogP contribution in [-0.2, 0) is 16.6 Å². The van der Waals surface area contributed by atoms with Crippen molar-refractivity contribution in [2.24, 2.45) is 0 Å². The molecule has 9 heteroatoms. The van der Waals surface area contributed by atoms with E-state index < -0.39 is 10.0 Å². The largest absolute Gasteiger partial charge is 0.363 e. The lowest BCUT2D eigenvalue weighted by molar-refractivity contribution is 0.417. The maximum atomic E-state index is 11.8. The van der Waals surface area contributed by atoms with Crippen LogP contribution in [0.25, 0.3) is 11.3 Å². The number of nitrogens with one attached hydrogen (secondary N) is 1. The molecule has 0 amide bonds. The van der Waals surface area contributed by atoms with Crippen LogP contribution < -0.4 is 4.72 Å². The molecule has 1 N–H and O–H groups in total. The Hall–Kier alpha value is -1.97. The van der Waals surface area contributed by atoms with Crippen LogP contribution in [0.2, 0.25) is 0 Å². The van der Waals surface area contributed by atoms with Crippen molar-refractivity contribution in [2.75, 3.05) is 6.54 Å². The number of aromatic nitrogens is 3. The van der Waals surface area contributed by atoms with Gasteiger partial charge in [0.15, 0.2) is 0 Å². The van der Waals surface area contributed by atoms with Crippen molar-refractivity contribution >= 4 is 21.4 Å². The molecule has 0 aromatic carbocycles. The Morgan fingerprint density at radius 3 is 3.00 bits per heavy atom. The van der Waals surface area contributed by atoms with Crippen LogP contribution in [0.15, 0.2) is 51.0 Å². The zero-order valence-corrected chi connectivity index (χ0v) is 12.5. The van der Waals surface area contributed by atoms with Gasteiger partial charge in [0.2, 0.25) is 10.0 Å². The molecule has 0 saturated heterocycles. The van der Waals surface area contributed by atoms with Gasteiger partial charge in [-0.05, 0) is 17.5 Å². The second-order valence-corrected chi connectivity index (χ2v) is 6.78. The topological polar surface area (TPSA) is 90.0 Å². The molecule has 0 fully saturated rings. The van der Waals surface area contributed by atoms with Crippen molar-refractivity contribution in [3.63, 3.8) is 0 Å². The van der Waals surface area contributed by atoms with E-state index in [0.29, 0.717) is 6.54 Å². The van der Waals surface area contributed by atoms with E-state index in [1.54, 1.807) is 16.0 Å². The summed E-state index contributed by atoms with van der Waals surface area (Å²) in [7, 11) is -3.57. The lowest BCUT2D eigenvalue weighted by Crippen LogP contribution is -2.27. The highest BCUT2D eigenvalue weighted by Crippen LogP contribution is 2.19. The predicted molar refractivity (Wildman–Crippen MR) is 77.2 cm³/mol. The van der Waals surface area contributed by atoms with Crippen LogP contribution in [0.1, 0.15) is 0 Å². The van der Waals surface area contributed by atoms with E-state index in [2.05, 4.69) is 19.5 Å². The summed E-state index contributed by atoms with van der Waals surface area (Å²) in [5.41, 5.74) is 1.93. The first-order chi connectivity index (χ1) is 10.1. The minimum atomic E-state index is -3.57. The lowest BCUT2D eigenvalue weighted by Gasteiger charge is -2.04. The first-order valence-electron chi connectivity index (χ1n) is 6.10. The molecule has 3 aromatic rings. The van der Waals surface area contributed by atoms with Gasteiger partial charge in [-0.15, -0.1) is 0 Å². The fourth-order valence-electron chi connectivity index (χ4n) is 1.76. The van der Waals surface area contributed by atoms with E-state index >= 15 is 0 Å². The average Bonchev–Trinajstić information content (AvgIpc) is 3.20. The SMILES string of the molecule is O=S(=O)(NCCn1ccc(-c2ccsc2)n1)c1cnoc1. The van der Waals surface area contributed by atoms with Gasteiger partial charge in [0.1, 0.15) is 11.2 Å². The highest BCUT2D eigenvalue weighted by Gasteiger charge is 2.15. The van der Waals surface area contributed by atoms with Crippen molar-refractivity contribution in [3.05, 3.63) is 41.5 Å². The predicted octanol–water partition coefficient (Wildman–Crippen LogP) is 1.58. The Labute approximate surface area is 125 Å². The fourth-order valence-corrected chi connectivity index (χ4v) is 3.28. The van der Waals surface area contributed by atoms with Crippen molar-refractivity contribution < 1.29 is 12.9 Å². The Morgan fingerprint density at radius 2 is 2.29 bits per heavy atom. The van der Waals surface area contributed by atoms with E-state index in [0.717, 1.165) is 23.7 Å². The molecule has 0 unspecified atom stereocenters. The van der Waals surface area contributed by atoms with Crippen molar-refractivity contribution in [3.8, 4) is 11.3 Å². The van der Waals surface area contributed by atoms with Crippen molar-refractivity contribution in [1.29, 1.82) is 0 Å². The summed E-state index contributed by atoms with van der Waals surface area (Å²) in [4.78, 5) is 0.0157. The van der Waals surface area contributed by atoms with Crippen LogP contribution in [0, 0.1) is 0 Å². The summed E-state index contributed by atoms with van der Waals surface area (Å²) in [6.07, 6.45) is 4.07. The van der Waals surface area contributed by atoms with Gasteiger partial charge in [-0.1, -0.05) is 5.16 Å². The first-order valence-corrected chi connectivity index (χ1v) is 8.53. The smallest absolute Gasteiger partial charge is 0.245 e. The van der Waals surface area contributed by atoms with Gasteiger partial charge >= 0.3 is 0 Å². The number of hydrogen-bond donors (Lipinski definition) is 1. The van der Waals surface area contributed by atoms with Gasteiger partial charge in [0, 0.05) is 23.7 Å². The molecule has 3 rings (SSSR count). The molecular formula is C12H12N4O3S2. The quantitative estimate of drug-likeness (QED) is 0.743. The van der Waals surface area contributed by atoms with E-state index in [4.69, 9.17) is 0 Å². The van der Waals surface area contributed by atoms with Gasteiger partial charge in [-0.3, -0.25) is 4.68 Å². The normalized spacial score (nSPS) is 11.8. The molecule has 3 aromatic heterocycles. The minimum Gasteiger partial charge on any atom is -0.363 e. The highest BCUT2D eigenvalue weighted by molar-refractivity contribution is 7.89. The Bertz CT molecular complexity index is 792. The third kappa shape index (κ3) is 3.20. The second kappa shape index (κ2) is 5.80. The van der Waals surface area contributed by atoms with Gasteiger partial charge in [0.05, 0.1) is 18.4 Å². The molecule has 0 aliphatic rings. The van der Waals surface area contributed by atoms with Gasteiger partial charge in [-0.25, -0.2) is 13.1 Å². The molecule has 21 heavy (non-hydrogen) atoms. The number of hydrogen-bond acceptors (Lipinski definition) is 6. The summed E-state index contributed by atoms with van der Waals surface area (Å²) in [5.74, 6) is 0. The van der Waals surface area contributed by atoms with Crippen LogP contribution in [-0.4, -0.2) is 29.9 Å². The van der Waals surface area contributed by atoms with Gasteiger partial charge in [0.25, 0.3) is 0 Å². The minimum absolute atomic E-state index is 0.0157. The van der Waals surface area contributed by atoms with E-state index in [1.165, 1.54) is 0 Å². The van der Waals surface area contributed by atoms with E-state index in [-0.39, 0.29) is 11.4 Å². The zero-order valence-electron chi connectivity index (χ0n) is 10.8. The Kier molecular flexibility index (Phi) is 3.86. The third-order valence-electron chi connectivity index (χ3n) is 2.81. The molecule has 0 spiro atoms. The Morgan fingerprint density at radius 1 is 1.38 bits per heavy atom. The first kappa shape index (κ1) is 14.0. The molecular weight excluding hydrogens is 312 g/mol. The van der Waals surface area contributed by atoms with E-state index in [1.807, 2.05) is 29.1 Å². The van der Waals surface area contributed by atoms with Crippen molar-refractivity contribution in [1.82, 2.24) is 19.7 Å². The molecule has 3 heterocycles. The summed E-state index contributed by atoms with van der Waals surface area (Å²) in [6, 6.07) is 3.89. The molecule has 0 atom stereocenters. The van der Waals surface area contributed by atoms with Crippen LogP contribution in [0.4, 0.5) is 0 Å². The molecule has 0 aliphatic heterocycles. The molecule has 0 bridgehead atoms. The number of rotatable bonds is 6. The van der Waals surface area contributed by atoms with Gasteiger partial charge < -0.3 is 4.52 Å². The molecule has 0 saturated carbocycles. The van der Waals surface area contributed by atoms with Crippen LogP contribution in [0.3, 0.4) is 0 Å². The van der Waals surface area contributed by atoms with Crippen LogP contribution >= 0.6 is 11.3 Å². The van der Waals surface area contributed by atoms with E-state index in [9.17, 15) is 8.42 Å². The number of sulfonamides is 1. The fraction of sp³-hybridized carbons (Fsp3) is 0.167. The summed E-state index contributed by atoms with van der Waals surface area (Å²) in [5, 5.41) is 11.8. The number of nitrogens with zero attached hydrogens (tertiary/aromatic N) is 3. The maximum absolute atomic E-state index is 11.8. The standard InChI is InChI=1S/C12H12N4O3S2/c17-21(18,11-7-13-19-8-11)14-3-5-16-4-1-12(15-16)10-2-6-20-9-10/h1-2,4,6-9,14H,3,5H2. The molecule has 110 valence electrons. The molecule has 7 nitrogen and oxygen atoms in total. The second-order valence-electron chi connectivity index (χ2n) is 4.23. The van der Waals surface area contributed by atoms with Gasteiger partial charge in [-0.2, -0.15) is 16.4 Å². The zero-order chi connectivity index (χ0) is 14.7. The lowest BCUT2D eigenvalue weighted by atomic mass is 10.2. The number of thiophene rings is 1. The highest BCUT2D eigenvalue weighted by atomic mass is 32.2. The van der Waals surface area contributed by atoms with Crippen molar-refractivity contribution in [2.45, 2.75) is 11.4 Å². The monoisotopic (exact) mass is 324 g/mol. The molecule has 0 aliphatic carbocycles. The summed E-state index contributed by atoms with van der Waals surface area (Å²) in [6.45, 7) is 0.674. The summed E-state index contributed by atoms with van der Waals surface area (Å²) < 4.78 is 32.4. The summed E-state index contributed by atoms with van der Waals surface area (Å²) >= 11 is 1.61. The average molecular weight is 324 g/mol. The molecule has 0 radical (unpaired) electrons.